The van der Waals surface area contributed by atoms with Gasteiger partial charge in [-0.3, -0.25) is 9.59 Å². The smallest absolute Gasteiger partial charge is 0.272 e. The number of halogens is 2. The summed E-state index contributed by atoms with van der Waals surface area (Å²) in [6, 6.07) is 8.43. The van der Waals surface area contributed by atoms with E-state index in [1.165, 1.54) is 24.3 Å². The Bertz CT molecular complexity index is 838. The molecule has 0 bridgehead atoms. The third-order valence-corrected chi connectivity index (χ3v) is 4.99. The number of hydrogen-bond acceptors (Lipinski definition) is 3. The third kappa shape index (κ3) is 4.52. The molecule has 0 unspecified atom stereocenters. The van der Waals surface area contributed by atoms with Crippen molar-refractivity contribution in [3.8, 4) is 0 Å². The number of hydrogen-bond donors (Lipinski definition) is 0. The van der Waals surface area contributed by atoms with E-state index in [4.69, 9.17) is 0 Å². The summed E-state index contributed by atoms with van der Waals surface area (Å²) in [4.78, 5) is 32.8. The fraction of sp³-hybridized carbons (Fsp3) is 0.381. The van der Waals surface area contributed by atoms with Crippen LogP contribution in [0.2, 0.25) is 0 Å². The number of benzene rings is 1. The highest BCUT2D eigenvalue weighted by atomic mass is 19.1. The van der Waals surface area contributed by atoms with Gasteiger partial charge in [-0.25, -0.2) is 13.8 Å². The molecule has 1 fully saturated rings. The first-order valence-corrected chi connectivity index (χ1v) is 9.30. The predicted molar refractivity (Wildman–Crippen MR) is 100 cm³/mol. The van der Waals surface area contributed by atoms with Crippen molar-refractivity contribution in [2.75, 3.05) is 13.1 Å². The van der Waals surface area contributed by atoms with Gasteiger partial charge in [0.15, 0.2) is 0 Å². The zero-order valence-electron chi connectivity index (χ0n) is 15.9. The lowest BCUT2D eigenvalue weighted by Gasteiger charge is -2.34. The number of rotatable bonds is 4. The average molecular weight is 387 g/mol. The van der Waals surface area contributed by atoms with E-state index < -0.39 is 5.82 Å². The molecule has 1 aliphatic heterocycles. The Morgan fingerprint density at radius 2 is 1.82 bits per heavy atom. The van der Waals surface area contributed by atoms with Gasteiger partial charge < -0.3 is 9.80 Å². The van der Waals surface area contributed by atoms with Gasteiger partial charge in [0.25, 0.3) is 5.91 Å². The fourth-order valence-electron chi connectivity index (χ4n) is 3.39. The molecule has 148 valence electrons. The van der Waals surface area contributed by atoms with Gasteiger partial charge in [-0.05, 0) is 35.7 Å². The summed E-state index contributed by atoms with van der Waals surface area (Å²) < 4.78 is 26.3. The van der Waals surface area contributed by atoms with Crippen molar-refractivity contribution in [1.29, 1.82) is 0 Å². The molecular weight excluding hydrogens is 364 g/mol. The van der Waals surface area contributed by atoms with Crippen LogP contribution in [-0.2, 0) is 11.3 Å². The normalized spacial score (nSPS) is 17.8. The number of pyridine rings is 1. The molecule has 5 nitrogen and oxygen atoms in total. The molecule has 0 radical (unpaired) electrons. The largest absolute Gasteiger partial charge is 0.335 e. The molecule has 1 aromatic carbocycles. The highest BCUT2D eigenvalue weighted by molar-refractivity contribution is 5.93. The van der Waals surface area contributed by atoms with Gasteiger partial charge >= 0.3 is 0 Å². The van der Waals surface area contributed by atoms with Crippen LogP contribution in [0.25, 0.3) is 0 Å². The van der Waals surface area contributed by atoms with E-state index in [0.29, 0.717) is 13.1 Å². The first kappa shape index (κ1) is 19.9. The minimum Gasteiger partial charge on any atom is -0.335 e. The molecule has 0 saturated carbocycles. The maximum atomic E-state index is 13.2. The Kier molecular flexibility index (Phi) is 6.02. The first-order chi connectivity index (χ1) is 13.3. The minimum atomic E-state index is -0.506. The third-order valence-electron chi connectivity index (χ3n) is 4.99. The molecule has 7 heteroatoms. The van der Waals surface area contributed by atoms with Crippen molar-refractivity contribution in [2.24, 2.45) is 5.92 Å². The van der Waals surface area contributed by atoms with Crippen LogP contribution >= 0.6 is 0 Å². The molecule has 1 aliphatic rings. The second-order valence-corrected chi connectivity index (χ2v) is 7.32. The average Bonchev–Trinajstić information content (AvgIpc) is 2.83. The Hall–Kier alpha value is -2.83. The minimum absolute atomic E-state index is 0.0506. The quantitative estimate of drug-likeness (QED) is 0.809. The molecule has 0 spiro atoms. The van der Waals surface area contributed by atoms with Crippen LogP contribution in [-0.4, -0.2) is 45.7 Å². The van der Waals surface area contributed by atoms with Crippen LogP contribution in [0.1, 0.15) is 36.3 Å². The van der Waals surface area contributed by atoms with Crippen LogP contribution in [0.5, 0.6) is 0 Å². The molecule has 1 aromatic heterocycles. The van der Waals surface area contributed by atoms with E-state index >= 15 is 0 Å². The van der Waals surface area contributed by atoms with E-state index in [2.05, 4.69) is 4.98 Å². The molecule has 1 saturated heterocycles. The topological polar surface area (TPSA) is 53.5 Å². The van der Waals surface area contributed by atoms with Gasteiger partial charge in [-0.1, -0.05) is 26.0 Å². The highest BCUT2D eigenvalue weighted by Crippen LogP contribution is 2.22. The SMILES string of the molecule is CC(C)[C@@H]1CN(C(=O)c2ccc(F)cn2)CCC(=O)N1Cc1ccc(F)cc1. The van der Waals surface area contributed by atoms with Crippen LogP contribution < -0.4 is 0 Å². The van der Waals surface area contributed by atoms with Gasteiger partial charge in [0.1, 0.15) is 17.3 Å². The van der Waals surface area contributed by atoms with Crippen molar-refractivity contribution >= 4 is 11.8 Å². The molecule has 3 rings (SSSR count). The predicted octanol–water partition coefficient (Wildman–Crippen LogP) is 3.26. The second kappa shape index (κ2) is 8.46. The molecule has 1 atom stereocenters. The maximum absolute atomic E-state index is 13.2. The first-order valence-electron chi connectivity index (χ1n) is 9.30. The van der Waals surface area contributed by atoms with Crippen molar-refractivity contribution in [1.82, 2.24) is 14.8 Å². The van der Waals surface area contributed by atoms with Crippen LogP contribution in [0.15, 0.2) is 42.6 Å². The summed E-state index contributed by atoms with van der Waals surface area (Å²) in [6.45, 7) is 5.00. The Morgan fingerprint density at radius 3 is 2.43 bits per heavy atom. The summed E-state index contributed by atoms with van der Waals surface area (Å²) >= 11 is 0. The Labute approximate surface area is 163 Å². The van der Waals surface area contributed by atoms with E-state index in [0.717, 1.165) is 11.8 Å². The van der Waals surface area contributed by atoms with E-state index in [1.54, 1.807) is 21.9 Å². The summed E-state index contributed by atoms with van der Waals surface area (Å²) in [5.74, 6) is -1.09. The molecular formula is C21H23F2N3O2. The standard InChI is InChI=1S/C21H23F2N3O2/c1-14(2)19-13-25(21(28)18-8-7-17(23)11-24-18)10-9-20(27)26(19)12-15-3-5-16(22)6-4-15/h3-8,11,14,19H,9-10,12-13H2,1-2H3/t19-/m0/s1. The monoisotopic (exact) mass is 387 g/mol. The second-order valence-electron chi connectivity index (χ2n) is 7.32. The zero-order valence-corrected chi connectivity index (χ0v) is 15.9. The number of aromatic nitrogens is 1. The van der Waals surface area contributed by atoms with Gasteiger partial charge in [-0.15, -0.1) is 0 Å². The van der Waals surface area contributed by atoms with Gasteiger partial charge in [0.05, 0.1) is 12.2 Å². The fourth-order valence-corrected chi connectivity index (χ4v) is 3.39. The van der Waals surface area contributed by atoms with Crippen LogP contribution in [0.3, 0.4) is 0 Å². The summed E-state index contributed by atoms with van der Waals surface area (Å²) in [7, 11) is 0. The lowest BCUT2D eigenvalue weighted by atomic mass is 10.0. The summed E-state index contributed by atoms with van der Waals surface area (Å²) in [6.07, 6.45) is 1.20. The molecule has 28 heavy (non-hydrogen) atoms. The molecule has 2 amide bonds. The molecule has 0 aliphatic carbocycles. The highest BCUT2D eigenvalue weighted by Gasteiger charge is 2.34. The number of nitrogens with zero attached hydrogens (tertiary/aromatic N) is 3. The number of carbonyl (C=O) groups excluding carboxylic acids is 2. The van der Waals surface area contributed by atoms with Gasteiger partial charge in [0.2, 0.25) is 5.91 Å². The summed E-state index contributed by atoms with van der Waals surface area (Å²) in [5.41, 5.74) is 0.990. The van der Waals surface area contributed by atoms with Gasteiger partial charge in [0, 0.05) is 26.1 Å². The van der Waals surface area contributed by atoms with E-state index in [9.17, 15) is 18.4 Å². The van der Waals surface area contributed by atoms with Crippen molar-refractivity contribution in [3.63, 3.8) is 0 Å². The molecule has 2 heterocycles. The lowest BCUT2D eigenvalue weighted by Crippen LogP contribution is -2.47. The van der Waals surface area contributed by atoms with Crippen LogP contribution in [0.4, 0.5) is 8.78 Å². The van der Waals surface area contributed by atoms with Gasteiger partial charge in [-0.2, -0.15) is 0 Å². The van der Waals surface area contributed by atoms with Crippen LogP contribution in [0, 0.1) is 17.6 Å². The number of carbonyl (C=O) groups is 2. The van der Waals surface area contributed by atoms with Crippen molar-refractivity contribution in [2.45, 2.75) is 32.9 Å². The molecule has 0 N–H and O–H groups in total. The van der Waals surface area contributed by atoms with Crippen molar-refractivity contribution in [3.05, 3.63) is 65.5 Å². The van der Waals surface area contributed by atoms with Crippen molar-refractivity contribution < 1.29 is 18.4 Å². The Morgan fingerprint density at radius 1 is 1.14 bits per heavy atom. The van der Waals surface area contributed by atoms with E-state index in [1.807, 2.05) is 13.8 Å². The lowest BCUT2D eigenvalue weighted by molar-refractivity contribution is -0.134. The maximum Gasteiger partial charge on any atom is 0.272 e. The Balaban J connectivity index is 1.82. The number of amides is 2. The summed E-state index contributed by atoms with van der Waals surface area (Å²) in [5, 5.41) is 0. The molecule has 2 aromatic rings. The zero-order chi connectivity index (χ0) is 20.3. The van der Waals surface area contributed by atoms with E-state index in [-0.39, 0.29) is 48.3 Å².